The Kier molecular flexibility index (Phi) is 8.10. The first kappa shape index (κ1) is 25.7. The van der Waals surface area contributed by atoms with Crippen LogP contribution in [0.1, 0.15) is 5.89 Å². The Morgan fingerprint density at radius 1 is 0.757 bits per heavy atom. The summed E-state index contributed by atoms with van der Waals surface area (Å²) in [6.07, 6.45) is -5.35. The fraction of sp³-hybridized carbons (Fsp3) is 0.292. The third-order valence-corrected chi connectivity index (χ3v) is 7.41. The van der Waals surface area contributed by atoms with Gasteiger partial charge in [0.25, 0.3) is 5.22 Å². The van der Waals surface area contributed by atoms with Crippen LogP contribution in [-0.4, -0.2) is 82.3 Å². The molecule has 2 aromatic heterocycles. The van der Waals surface area contributed by atoms with Crippen molar-refractivity contribution in [1.29, 1.82) is 0 Å². The summed E-state index contributed by atoms with van der Waals surface area (Å²) in [5, 5.41) is 56.7. The van der Waals surface area contributed by atoms with Crippen LogP contribution in [0.2, 0.25) is 0 Å². The van der Waals surface area contributed by atoms with E-state index in [9.17, 15) is 20.4 Å². The van der Waals surface area contributed by atoms with E-state index in [4.69, 9.17) is 14.1 Å². The average molecular weight is 542 g/mol. The van der Waals surface area contributed by atoms with E-state index in [1.54, 1.807) is 0 Å². The highest BCUT2D eigenvalue weighted by Crippen LogP contribution is 2.34. The van der Waals surface area contributed by atoms with E-state index in [1.165, 1.54) is 11.8 Å². The highest BCUT2D eigenvalue weighted by Gasteiger charge is 2.44. The molecule has 1 saturated heterocycles. The predicted molar refractivity (Wildman–Crippen MR) is 134 cm³/mol. The van der Waals surface area contributed by atoms with Crippen molar-refractivity contribution in [3.05, 3.63) is 66.6 Å². The zero-order chi connectivity index (χ0) is 25.8. The van der Waals surface area contributed by atoms with Crippen LogP contribution < -0.4 is 0 Å². The van der Waals surface area contributed by atoms with Gasteiger partial charge in [-0.25, -0.2) is 4.98 Å². The molecule has 1 fully saturated rings. The minimum atomic E-state index is -1.48. The first-order valence-corrected chi connectivity index (χ1v) is 13.2. The molecule has 11 nitrogen and oxygen atoms in total. The summed E-state index contributed by atoms with van der Waals surface area (Å²) in [4.78, 5) is 4.74. The van der Waals surface area contributed by atoms with E-state index in [1.807, 2.05) is 60.7 Å². The van der Waals surface area contributed by atoms with Crippen LogP contribution in [0.5, 0.6) is 0 Å². The highest BCUT2D eigenvalue weighted by atomic mass is 32.2. The Hall–Kier alpha value is -2.91. The number of hydrogen-bond acceptors (Lipinski definition) is 13. The maximum absolute atomic E-state index is 10.2. The molecule has 0 bridgehead atoms. The SMILES string of the molecule is OC[C@H]1O[C@@H](Sc2nnc(CSc3nnc(-c4ccccc4)c(-c4ccccc4)n3)o2)[C@H](O)[C@@H](O)[C@@H]1O. The molecular weight excluding hydrogens is 518 g/mol. The largest absolute Gasteiger partial charge is 0.415 e. The third kappa shape index (κ3) is 5.83. The molecule has 192 valence electrons. The van der Waals surface area contributed by atoms with Gasteiger partial charge < -0.3 is 29.6 Å². The van der Waals surface area contributed by atoms with E-state index >= 15 is 0 Å². The molecule has 2 aromatic carbocycles. The molecule has 3 heterocycles. The first-order valence-electron chi connectivity index (χ1n) is 11.3. The lowest BCUT2D eigenvalue weighted by molar-refractivity contribution is -0.205. The van der Waals surface area contributed by atoms with Crippen molar-refractivity contribution >= 4 is 23.5 Å². The van der Waals surface area contributed by atoms with Crippen LogP contribution in [0, 0.1) is 0 Å². The van der Waals surface area contributed by atoms with Crippen LogP contribution >= 0.6 is 23.5 Å². The lowest BCUT2D eigenvalue weighted by Gasteiger charge is -2.38. The molecule has 37 heavy (non-hydrogen) atoms. The topological polar surface area (TPSA) is 168 Å². The summed E-state index contributed by atoms with van der Waals surface area (Å²) in [6.45, 7) is -0.518. The Balaban J connectivity index is 1.29. The second-order valence-corrected chi connectivity index (χ2v) is 10.1. The maximum atomic E-state index is 10.2. The van der Waals surface area contributed by atoms with Crippen molar-refractivity contribution in [1.82, 2.24) is 25.4 Å². The molecule has 5 rings (SSSR count). The highest BCUT2D eigenvalue weighted by molar-refractivity contribution is 7.99. The molecule has 0 radical (unpaired) electrons. The number of aromatic nitrogens is 5. The van der Waals surface area contributed by atoms with Crippen LogP contribution in [0.4, 0.5) is 0 Å². The fourth-order valence-corrected chi connectivity index (χ4v) is 5.25. The molecular formula is C24H23N5O6S2. The fourth-order valence-electron chi connectivity index (χ4n) is 3.69. The Bertz CT molecular complexity index is 1310. The molecule has 1 aliphatic heterocycles. The molecule has 0 unspecified atom stereocenters. The number of aliphatic hydroxyl groups excluding tert-OH is 4. The number of aliphatic hydroxyl groups is 4. The standard InChI is InChI=1S/C24H23N5O6S2/c30-11-15-19(31)20(32)21(33)22(34-15)37-24-29-26-16(35-24)12-36-23-25-17(13-7-3-1-4-8-13)18(27-28-23)14-9-5-2-6-10-14/h1-10,15,19-22,30-33H,11-12H2/t15-,19-,20+,21-,22+/m1/s1. The van der Waals surface area contributed by atoms with Crippen molar-refractivity contribution in [2.24, 2.45) is 0 Å². The van der Waals surface area contributed by atoms with Crippen LogP contribution in [0.25, 0.3) is 22.5 Å². The Labute approximate surface area is 220 Å². The van der Waals surface area contributed by atoms with Crippen molar-refractivity contribution in [2.45, 2.75) is 46.0 Å². The molecule has 5 atom stereocenters. The molecule has 0 aliphatic carbocycles. The number of nitrogens with zero attached hydrogens (tertiary/aromatic N) is 5. The van der Waals surface area contributed by atoms with Gasteiger partial charge in [0, 0.05) is 11.1 Å². The lowest BCUT2D eigenvalue weighted by Crippen LogP contribution is -2.57. The lowest BCUT2D eigenvalue weighted by atomic mass is 10.0. The van der Waals surface area contributed by atoms with Gasteiger partial charge in [0.2, 0.25) is 11.0 Å². The monoisotopic (exact) mass is 541 g/mol. The Morgan fingerprint density at radius 3 is 2.11 bits per heavy atom. The predicted octanol–water partition coefficient (Wildman–Crippen LogP) is 1.77. The Morgan fingerprint density at radius 2 is 1.43 bits per heavy atom. The number of rotatable bonds is 8. The smallest absolute Gasteiger partial charge is 0.279 e. The third-order valence-electron chi connectivity index (χ3n) is 5.60. The van der Waals surface area contributed by atoms with Crippen LogP contribution in [-0.2, 0) is 10.5 Å². The van der Waals surface area contributed by atoms with Crippen molar-refractivity contribution in [3.8, 4) is 22.5 Å². The summed E-state index contributed by atoms with van der Waals surface area (Å²) >= 11 is 2.17. The maximum Gasteiger partial charge on any atom is 0.279 e. The van der Waals surface area contributed by atoms with E-state index < -0.39 is 36.5 Å². The summed E-state index contributed by atoms with van der Waals surface area (Å²) in [5.74, 6) is 0.553. The van der Waals surface area contributed by atoms with Gasteiger partial charge in [0.1, 0.15) is 41.2 Å². The summed E-state index contributed by atoms with van der Waals surface area (Å²) in [6, 6.07) is 19.5. The molecule has 4 N–H and O–H groups in total. The summed E-state index contributed by atoms with van der Waals surface area (Å²) in [5.41, 5.74) is 2.18. The second-order valence-electron chi connectivity index (χ2n) is 8.09. The number of ether oxygens (including phenoxy) is 1. The van der Waals surface area contributed by atoms with Crippen LogP contribution in [0.3, 0.4) is 0 Å². The van der Waals surface area contributed by atoms with Gasteiger partial charge >= 0.3 is 0 Å². The molecule has 4 aromatic rings. The number of hydrogen-bond donors (Lipinski definition) is 4. The molecule has 0 saturated carbocycles. The minimum absolute atomic E-state index is 0.100. The summed E-state index contributed by atoms with van der Waals surface area (Å²) in [7, 11) is 0. The van der Waals surface area contributed by atoms with Crippen molar-refractivity contribution in [3.63, 3.8) is 0 Å². The minimum Gasteiger partial charge on any atom is -0.415 e. The van der Waals surface area contributed by atoms with Gasteiger partial charge in [-0.05, 0) is 11.8 Å². The van der Waals surface area contributed by atoms with Gasteiger partial charge in [0.15, 0.2) is 0 Å². The van der Waals surface area contributed by atoms with Crippen molar-refractivity contribution < 1.29 is 29.6 Å². The second kappa shape index (κ2) is 11.6. The normalized spacial score (nSPS) is 23.7. The molecule has 1 aliphatic rings. The van der Waals surface area contributed by atoms with Crippen molar-refractivity contribution in [2.75, 3.05) is 6.61 Å². The van der Waals surface area contributed by atoms with E-state index in [-0.39, 0.29) is 16.9 Å². The number of thioether (sulfide) groups is 2. The van der Waals surface area contributed by atoms with Gasteiger partial charge in [-0.2, -0.15) is 0 Å². The molecule has 0 amide bonds. The average Bonchev–Trinajstić information content (AvgIpc) is 3.40. The first-order chi connectivity index (χ1) is 18.0. The van der Waals surface area contributed by atoms with Gasteiger partial charge in [0.05, 0.1) is 12.4 Å². The van der Waals surface area contributed by atoms with E-state index in [2.05, 4.69) is 20.4 Å². The quantitative estimate of drug-likeness (QED) is 0.238. The van der Waals surface area contributed by atoms with E-state index in [0.717, 1.165) is 22.9 Å². The zero-order valence-corrected chi connectivity index (χ0v) is 20.9. The van der Waals surface area contributed by atoms with E-state index in [0.29, 0.717) is 16.5 Å². The zero-order valence-electron chi connectivity index (χ0n) is 19.2. The van der Waals surface area contributed by atoms with Gasteiger partial charge in [-0.15, -0.1) is 20.4 Å². The summed E-state index contributed by atoms with van der Waals surface area (Å²) < 4.78 is 11.1. The molecule has 0 spiro atoms. The van der Waals surface area contributed by atoms with Gasteiger partial charge in [-0.3, -0.25) is 0 Å². The number of benzene rings is 2. The van der Waals surface area contributed by atoms with Gasteiger partial charge in [-0.1, -0.05) is 72.4 Å². The van der Waals surface area contributed by atoms with Crippen LogP contribution in [0.15, 0.2) is 75.5 Å². The molecule has 13 heteroatoms.